The number of aryl methyl sites for hydroxylation is 1. The van der Waals surface area contributed by atoms with Crippen molar-refractivity contribution in [3.8, 4) is 0 Å². The zero-order valence-electron chi connectivity index (χ0n) is 20.9. The molecular weight excluding hydrogens is 506 g/mol. The van der Waals surface area contributed by atoms with E-state index in [0.717, 1.165) is 11.3 Å². The predicted octanol–water partition coefficient (Wildman–Crippen LogP) is 5.50. The first-order valence-electron chi connectivity index (χ1n) is 12.2. The summed E-state index contributed by atoms with van der Waals surface area (Å²) in [5, 5.41) is 5.43. The second-order valence-corrected chi connectivity index (χ2v) is 8.91. The number of carbonyl (C=O) groups excluding carboxylic acids is 4. The molecule has 0 unspecified atom stereocenters. The number of ether oxygens (including phenoxy) is 1. The second kappa shape index (κ2) is 11.7. The molecule has 194 valence electrons. The van der Waals surface area contributed by atoms with Crippen LogP contribution < -0.4 is 15.5 Å². The van der Waals surface area contributed by atoms with Crippen molar-refractivity contribution in [3.05, 3.63) is 100 Å². The van der Waals surface area contributed by atoms with Crippen LogP contribution in [0.3, 0.4) is 0 Å². The van der Waals surface area contributed by atoms with Crippen LogP contribution in [0.1, 0.15) is 46.5 Å². The number of carbonyl (C=O) groups is 4. The van der Waals surface area contributed by atoms with Crippen LogP contribution in [0, 0.1) is 0 Å². The molecule has 0 saturated heterocycles. The van der Waals surface area contributed by atoms with E-state index in [4.69, 9.17) is 16.3 Å². The van der Waals surface area contributed by atoms with E-state index >= 15 is 0 Å². The Labute approximate surface area is 225 Å². The fourth-order valence-corrected chi connectivity index (χ4v) is 3.98. The fraction of sp³-hybridized carbons (Fsp3) is 0.172. The molecule has 1 aliphatic rings. The van der Waals surface area contributed by atoms with Gasteiger partial charge in [0, 0.05) is 16.9 Å². The molecule has 0 bridgehead atoms. The molecule has 3 aromatic carbocycles. The Morgan fingerprint density at radius 2 is 1.55 bits per heavy atom. The zero-order valence-corrected chi connectivity index (χ0v) is 21.7. The summed E-state index contributed by atoms with van der Waals surface area (Å²) in [4.78, 5) is 51.7. The topological polar surface area (TPSA) is 105 Å². The number of anilines is 3. The van der Waals surface area contributed by atoms with Crippen LogP contribution >= 0.6 is 11.6 Å². The third kappa shape index (κ3) is 5.76. The lowest BCUT2D eigenvalue weighted by Crippen LogP contribution is -2.32. The van der Waals surface area contributed by atoms with Gasteiger partial charge in [0.25, 0.3) is 17.7 Å². The lowest BCUT2D eigenvalue weighted by molar-refractivity contribution is -0.120. The van der Waals surface area contributed by atoms with Gasteiger partial charge in [0.15, 0.2) is 0 Å². The Morgan fingerprint density at radius 3 is 2.21 bits per heavy atom. The minimum Gasteiger partial charge on any atom is -0.462 e. The van der Waals surface area contributed by atoms with E-state index in [2.05, 4.69) is 17.6 Å². The summed E-state index contributed by atoms with van der Waals surface area (Å²) >= 11 is 6.23. The van der Waals surface area contributed by atoms with Gasteiger partial charge >= 0.3 is 5.97 Å². The van der Waals surface area contributed by atoms with Gasteiger partial charge in [-0.1, -0.05) is 43.6 Å². The van der Waals surface area contributed by atoms with Crippen molar-refractivity contribution < 1.29 is 23.9 Å². The molecule has 3 aromatic rings. The van der Waals surface area contributed by atoms with E-state index < -0.39 is 17.8 Å². The minimum absolute atomic E-state index is 0.108. The maximum atomic E-state index is 13.1. The van der Waals surface area contributed by atoms with Crippen LogP contribution in [0.4, 0.5) is 17.1 Å². The fourth-order valence-electron chi connectivity index (χ4n) is 3.77. The molecule has 2 N–H and O–H groups in total. The van der Waals surface area contributed by atoms with Gasteiger partial charge in [0.05, 0.1) is 17.9 Å². The Hall–Kier alpha value is -4.43. The monoisotopic (exact) mass is 531 g/mol. The number of imide groups is 1. The highest BCUT2D eigenvalue weighted by Crippen LogP contribution is 2.31. The lowest BCUT2D eigenvalue weighted by Gasteiger charge is -2.16. The zero-order chi connectivity index (χ0) is 27.2. The molecule has 3 amide bonds. The standard InChI is InChI=1S/C29H26ClN3O5/c1-3-16-38-29(37)20-6-5-7-23(17-20)33-27(35)24(30)25(28(33)36)31-21-14-10-19(11-15-21)26(34)32-22-12-8-18(4-2)9-13-22/h5-15,17,31H,3-4,16H2,1-2H3,(H,32,34). The molecule has 0 spiro atoms. The molecule has 0 aromatic heterocycles. The van der Waals surface area contributed by atoms with Crippen LogP contribution in [0.25, 0.3) is 0 Å². The first-order valence-corrected chi connectivity index (χ1v) is 12.5. The lowest BCUT2D eigenvalue weighted by atomic mass is 10.1. The molecule has 4 rings (SSSR count). The van der Waals surface area contributed by atoms with E-state index in [9.17, 15) is 19.2 Å². The van der Waals surface area contributed by atoms with Gasteiger partial charge in [-0.15, -0.1) is 0 Å². The molecule has 0 fully saturated rings. The number of halogens is 1. The molecule has 1 aliphatic heterocycles. The van der Waals surface area contributed by atoms with E-state index in [1.165, 1.54) is 17.7 Å². The molecule has 8 nitrogen and oxygen atoms in total. The van der Waals surface area contributed by atoms with Crippen LogP contribution in [0.5, 0.6) is 0 Å². The maximum Gasteiger partial charge on any atom is 0.338 e. The second-order valence-electron chi connectivity index (χ2n) is 8.53. The molecular formula is C29H26ClN3O5. The Morgan fingerprint density at radius 1 is 0.868 bits per heavy atom. The van der Waals surface area contributed by atoms with Gasteiger partial charge in [-0.2, -0.15) is 0 Å². The largest absolute Gasteiger partial charge is 0.462 e. The summed E-state index contributed by atoms with van der Waals surface area (Å²) in [6.07, 6.45) is 1.58. The molecule has 9 heteroatoms. The van der Waals surface area contributed by atoms with Gasteiger partial charge in [-0.25, -0.2) is 9.69 Å². The Balaban J connectivity index is 1.45. The quantitative estimate of drug-likeness (QED) is 0.279. The third-order valence-electron chi connectivity index (χ3n) is 5.84. The summed E-state index contributed by atoms with van der Waals surface area (Å²) in [6.45, 7) is 4.20. The highest BCUT2D eigenvalue weighted by atomic mass is 35.5. The average molecular weight is 532 g/mol. The molecule has 0 aliphatic carbocycles. The van der Waals surface area contributed by atoms with E-state index in [1.807, 2.05) is 31.2 Å². The summed E-state index contributed by atoms with van der Waals surface area (Å²) in [7, 11) is 0. The number of benzene rings is 3. The summed E-state index contributed by atoms with van der Waals surface area (Å²) < 4.78 is 5.13. The molecule has 0 radical (unpaired) electrons. The number of nitrogens with one attached hydrogen (secondary N) is 2. The number of rotatable bonds is 9. The number of amides is 3. The first-order chi connectivity index (χ1) is 18.3. The first kappa shape index (κ1) is 26.6. The van der Waals surface area contributed by atoms with Crippen molar-refractivity contribution in [2.75, 3.05) is 22.1 Å². The van der Waals surface area contributed by atoms with Gasteiger partial charge in [0.2, 0.25) is 0 Å². The van der Waals surface area contributed by atoms with Gasteiger partial charge in [0.1, 0.15) is 10.7 Å². The van der Waals surface area contributed by atoms with E-state index in [0.29, 0.717) is 23.4 Å². The average Bonchev–Trinajstić information content (AvgIpc) is 3.15. The van der Waals surface area contributed by atoms with Crippen LogP contribution in [0.2, 0.25) is 0 Å². The van der Waals surface area contributed by atoms with Crippen molar-refractivity contribution in [2.45, 2.75) is 26.7 Å². The van der Waals surface area contributed by atoms with Crippen molar-refractivity contribution in [2.24, 2.45) is 0 Å². The van der Waals surface area contributed by atoms with Crippen molar-refractivity contribution in [1.29, 1.82) is 0 Å². The number of hydrogen-bond donors (Lipinski definition) is 2. The van der Waals surface area contributed by atoms with Crippen LogP contribution in [-0.2, 0) is 20.7 Å². The maximum absolute atomic E-state index is 13.1. The van der Waals surface area contributed by atoms with Crippen LogP contribution in [0.15, 0.2) is 83.5 Å². The van der Waals surface area contributed by atoms with E-state index in [-0.39, 0.29) is 34.5 Å². The predicted molar refractivity (Wildman–Crippen MR) is 146 cm³/mol. The molecule has 0 saturated carbocycles. The van der Waals surface area contributed by atoms with Crippen molar-refractivity contribution in [1.82, 2.24) is 0 Å². The summed E-state index contributed by atoms with van der Waals surface area (Å²) in [5.74, 6) is -2.22. The van der Waals surface area contributed by atoms with Crippen molar-refractivity contribution >= 4 is 52.4 Å². The number of hydrogen-bond acceptors (Lipinski definition) is 6. The van der Waals surface area contributed by atoms with E-state index in [1.54, 1.807) is 36.4 Å². The summed E-state index contributed by atoms with van der Waals surface area (Å²) in [5.41, 5.74) is 3.03. The molecule has 1 heterocycles. The smallest absolute Gasteiger partial charge is 0.338 e. The Kier molecular flexibility index (Phi) is 8.23. The highest BCUT2D eigenvalue weighted by molar-refractivity contribution is 6.53. The number of esters is 1. The van der Waals surface area contributed by atoms with Gasteiger partial charge < -0.3 is 15.4 Å². The molecule has 0 atom stereocenters. The van der Waals surface area contributed by atoms with Gasteiger partial charge in [-0.05, 0) is 73.0 Å². The minimum atomic E-state index is -0.719. The number of nitrogens with zero attached hydrogens (tertiary/aromatic N) is 1. The van der Waals surface area contributed by atoms with Crippen molar-refractivity contribution in [3.63, 3.8) is 0 Å². The normalized spacial score (nSPS) is 13.1. The highest BCUT2D eigenvalue weighted by Gasteiger charge is 2.39. The SMILES string of the molecule is CCCOC(=O)c1cccc(N2C(=O)C(Cl)=C(Nc3ccc(C(=O)Nc4ccc(CC)cc4)cc3)C2=O)c1. The third-order valence-corrected chi connectivity index (χ3v) is 6.19. The van der Waals surface area contributed by atoms with Gasteiger partial charge in [-0.3, -0.25) is 14.4 Å². The summed E-state index contributed by atoms with van der Waals surface area (Å²) in [6, 6.07) is 20.0. The van der Waals surface area contributed by atoms with Crippen LogP contribution in [-0.4, -0.2) is 30.3 Å². The molecule has 38 heavy (non-hydrogen) atoms. The Bertz CT molecular complexity index is 1410.